The fraction of sp³-hybridized carbons (Fsp3) is 0.533. The van der Waals surface area contributed by atoms with Crippen molar-refractivity contribution in [2.75, 3.05) is 11.5 Å². The second-order valence-corrected chi connectivity index (χ2v) is 18.1. The summed E-state index contributed by atoms with van der Waals surface area (Å²) in [5.41, 5.74) is 10.3. The van der Waals surface area contributed by atoms with Gasteiger partial charge in [-0.1, -0.05) is 59.8 Å². The van der Waals surface area contributed by atoms with E-state index in [1.165, 1.54) is 12.1 Å². The van der Waals surface area contributed by atoms with E-state index < -0.39 is 51.9 Å². The standard InChI is InChI=1S/C15H18BrFN2O2S.C15H19FN2O2S/c1-14(11-8-10(16)4-5-12(11)17)9-22(20,21)15(13(18)19-14)6-2-3-7-15;1-14(11-6-2-3-7-12(11)16)10-21(19,20)15(13(17)18-14)8-4-5-9-15/h4-5,8H,2-3,6-7,9H2,1H3,(H2,18,19);2-3,6-7H,4-5,8-10H2,1H3,(H2,17,18)/t2*14-/m00/s1. The van der Waals surface area contributed by atoms with Gasteiger partial charge in [-0.3, -0.25) is 9.98 Å². The maximum atomic E-state index is 14.2. The van der Waals surface area contributed by atoms with E-state index in [9.17, 15) is 25.6 Å². The van der Waals surface area contributed by atoms with Gasteiger partial charge >= 0.3 is 0 Å². The van der Waals surface area contributed by atoms with E-state index in [4.69, 9.17) is 11.5 Å². The molecule has 2 saturated carbocycles. The predicted molar refractivity (Wildman–Crippen MR) is 168 cm³/mol. The number of rotatable bonds is 2. The van der Waals surface area contributed by atoms with Crippen molar-refractivity contribution >= 4 is 47.3 Å². The maximum absolute atomic E-state index is 14.2. The molecule has 0 unspecified atom stereocenters. The minimum absolute atomic E-state index is 0.137. The van der Waals surface area contributed by atoms with E-state index in [1.807, 2.05) is 0 Å². The van der Waals surface area contributed by atoms with Gasteiger partial charge in [0.05, 0.1) is 11.5 Å². The Morgan fingerprint density at radius 1 is 0.698 bits per heavy atom. The normalized spacial score (nSPS) is 29.9. The summed E-state index contributed by atoms with van der Waals surface area (Å²) in [6.07, 6.45) is 5.42. The molecular weight excluding hydrogens is 662 g/mol. The SMILES string of the molecule is C[C@@]1(c2cc(Br)ccc2F)CS(=O)(=O)C2(CCCC2)C(N)=N1.C[C@@]1(c2ccccc2F)CS(=O)(=O)C2(CCCC2)C(N)=N1. The van der Waals surface area contributed by atoms with Crippen LogP contribution in [0.3, 0.4) is 0 Å². The Kier molecular flexibility index (Phi) is 8.12. The van der Waals surface area contributed by atoms with Crippen molar-refractivity contribution in [3.63, 3.8) is 0 Å². The molecule has 2 fully saturated rings. The third-order valence-corrected chi connectivity index (χ3v) is 15.6. The molecule has 2 aromatic rings. The summed E-state index contributed by atoms with van der Waals surface area (Å²) < 4.78 is 78.4. The summed E-state index contributed by atoms with van der Waals surface area (Å²) >= 11 is 3.29. The molecule has 2 aromatic carbocycles. The Bertz CT molecular complexity index is 1720. The lowest BCUT2D eigenvalue weighted by Gasteiger charge is -2.39. The molecule has 2 atom stereocenters. The lowest BCUT2D eigenvalue weighted by atomic mass is 9.93. The van der Waals surface area contributed by atoms with Crippen LogP contribution in [0.1, 0.15) is 76.3 Å². The second-order valence-electron chi connectivity index (χ2n) is 12.6. The lowest BCUT2D eigenvalue weighted by Crippen LogP contribution is -2.56. The van der Waals surface area contributed by atoms with Gasteiger partial charge in [0, 0.05) is 15.6 Å². The molecule has 234 valence electrons. The Morgan fingerprint density at radius 3 is 1.56 bits per heavy atom. The highest BCUT2D eigenvalue weighted by Gasteiger charge is 2.57. The molecule has 8 nitrogen and oxygen atoms in total. The van der Waals surface area contributed by atoms with Crippen molar-refractivity contribution in [3.8, 4) is 0 Å². The van der Waals surface area contributed by atoms with Gasteiger partial charge in [0.15, 0.2) is 19.7 Å². The average molecular weight is 700 g/mol. The molecule has 6 rings (SSSR count). The molecule has 4 aliphatic rings. The van der Waals surface area contributed by atoms with Crippen LogP contribution in [-0.2, 0) is 30.8 Å². The number of halogens is 3. The van der Waals surface area contributed by atoms with Gasteiger partial charge in [0.25, 0.3) is 0 Å². The van der Waals surface area contributed by atoms with E-state index in [0.29, 0.717) is 30.2 Å². The third kappa shape index (κ3) is 5.22. The van der Waals surface area contributed by atoms with Crippen molar-refractivity contribution in [3.05, 3.63) is 69.7 Å². The highest BCUT2D eigenvalue weighted by molar-refractivity contribution is 9.10. The smallest absolute Gasteiger partial charge is 0.165 e. The first-order valence-corrected chi connectivity index (χ1v) is 18.5. The van der Waals surface area contributed by atoms with E-state index in [2.05, 4.69) is 25.9 Å². The molecule has 0 amide bonds. The first-order valence-electron chi connectivity index (χ1n) is 14.4. The molecule has 13 heteroatoms. The van der Waals surface area contributed by atoms with Crippen molar-refractivity contribution in [2.24, 2.45) is 21.5 Å². The Hall–Kier alpha value is -2.38. The summed E-state index contributed by atoms with van der Waals surface area (Å²) in [6, 6.07) is 10.6. The topological polar surface area (TPSA) is 145 Å². The van der Waals surface area contributed by atoms with E-state index in [0.717, 1.165) is 25.7 Å². The third-order valence-electron chi connectivity index (χ3n) is 9.59. The van der Waals surface area contributed by atoms with Crippen LogP contribution in [0.5, 0.6) is 0 Å². The number of nitrogens with two attached hydrogens (primary N) is 2. The predicted octanol–water partition coefficient (Wildman–Crippen LogP) is 5.04. The summed E-state index contributed by atoms with van der Waals surface area (Å²) in [7, 11) is -6.96. The van der Waals surface area contributed by atoms with Crippen LogP contribution in [0.25, 0.3) is 0 Å². The van der Waals surface area contributed by atoms with Crippen LogP contribution in [0.4, 0.5) is 8.78 Å². The van der Waals surface area contributed by atoms with E-state index in [1.54, 1.807) is 44.2 Å². The van der Waals surface area contributed by atoms with Crippen LogP contribution < -0.4 is 11.5 Å². The molecule has 2 aliphatic carbocycles. The fourth-order valence-corrected chi connectivity index (χ4v) is 12.6. The summed E-state index contributed by atoms with van der Waals surface area (Å²) in [4.78, 5) is 8.92. The summed E-state index contributed by atoms with van der Waals surface area (Å²) in [5, 5.41) is 0. The van der Waals surface area contributed by atoms with Crippen molar-refractivity contribution in [1.29, 1.82) is 0 Å². The Morgan fingerprint density at radius 2 is 1.12 bits per heavy atom. The number of aliphatic imine (C=N–C) groups is 2. The van der Waals surface area contributed by atoms with Gasteiger partial charge in [0.1, 0.15) is 43.9 Å². The zero-order valence-corrected chi connectivity index (χ0v) is 27.5. The Balaban J connectivity index is 0.000000171. The van der Waals surface area contributed by atoms with Gasteiger partial charge in [0.2, 0.25) is 0 Å². The molecule has 4 N–H and O–H groups in total. The molecule has 0 saturated heterocycles. The zero-order valence-electron chi connectivity index (χ0n) is 24.2. The minimum atomic E-state index is -3.50. The van der Waals surface area contributed by atoms with E-state index in [-0.39, 0.29) is 34.3 Å². The zero-order chi connectivity index (χ0) is 31.5. The van der Waals surface area contributed by atoms with Crippen molar-refractivity contribution in [2.45, 2.75) is 85.8 Å². The molecular formula is C30H37BrF2N4O4S2. The van der Waals surface area contributed by atoms with Crippen molar-refractivity contribution < 1.29 is 25.6 Å². The number of benzene rings is 2. The van der Waals surface area contributed by atoms with Crippen LogP contribution in [0.15, 0.2) is 56.9 Å². The molecule has 0 aromatic heterocycles. The van der Waals surface area contributed by atoms with Gasteiger partial charge in [-0.15, -0.1) is 0 Å². The quantitative estimate of drug-likeness (QED) is 0.450. The Labute approximate surface area is 260 Å². The summed E-state index contributed by atoms with van der Waals surface area (Å²) in [5.74, 6) is -1.04. The van der Waals surface area contributed by atoms with Crippen molar-refractivity contribution in [1.82, 2.24) is 0 Å². The summed E-state index contributed by atoms with van der Waals surface area (Å²) in [6.45, 7) is 3.27. The maximum Gasteiger partial charge on any atom is 0.165 e. The molecule has 43 heavy (non-hydrogen) atoms. The number of hydrogen-bond acceptors (Lipinski definition) is 8. The number of amidine groups is 2. The van der Waals surface area contributed by atoms with Gasteiger partial charge in [-0.25, -0.2) is 25.6 Å². The number of hydrogen-bond donors (Lipinski definition) is 2. The molecule has 2 spiro atoms. The second kappa shape index (κ2) is 10.9. The monoisotopic (exact) mass is 698 g/mol. The van der Waals surface area contributed by atoms with Gasteiger partial charge in [-0.2, -0.15) is 0 Å². The minimum Gasteiger partial charge on any atom is -0.386 e. The van der Waals surface area contributed by atoms with Crippen LogP contribution in [-0.4, -0.2) is 49.5 Å². The van der Waals surface area contributed by atoms with Gasteiger partial charge in [-0.05, 0) is 63.8 Å². The van der Waals surface area contributed by atoms with Crippen LogP contribution in [0.2, 0.25) is 0 Å². The molecule has 2 aliphatic heterocycles. The highest BCUT2D eigenvalue weighted by atomic mass is 79.9. The molecule has 0 radical (unpaired) electrons. The first-order chi connectivity index (χ1) is 20.0. The number of nitrogens with zero attached hydrogens (tertiary/aromatic N) is 2. The largest absolute Gasteiger partial charge is 0.386 e. The number of sulfone groups is 2. The fourth-order valence-electron chi connectivity index (χ4n) is 7.25. The van der Waals surface area contributed by atoms with Crippen LogP contribution in [0, 0.1) is 11.6 Å². The first kappa shape index (κ1) is 32.0. The van der Waals surface area contributed by atoms with E-state index >= 15 is 0 Å². The van der Waals surface area contributed by atoms with Gasteiger partial charge < -0.3 is 11.5 Å². The molecule has 0 bridgehead atoms. The highest BCUT2D eigenvalue weighted by Crippen LogP contribution is 2.47. The molecule has 2 heterocycles. The van der Waals surface area contributed by atoms with Crippen LogP contribution >= 0.6 is 15.9 Å². The lowest BCUT2D eigenvalue weighted by molar-refractivity contribution is 0.466. The average Bonchev–Trinajstić information content (AvgIpc) is 3.61.